The maximum absolute atomic E-state index is 12.1. The average molecular weight is 387 g/mol. The maximum Gasteiger partial charge on any atom is 0.263 e. The molecule has 0 spiro atoms. The number of phenols is 2. The van der Waals surface area contributed by atoms with Crippen molar-refractivity contribution < 1.29 is 15.0 Å². The molecule has 19 heavy (non-hydrogen) atoms. The van der Waals surface area contributed by atoms with Crippen LogP contribution in [-0.2, 0) is 0 Å². The molecule has 0 heterocycles. The fourth-order valence-electron chi connectivity index (χ4n) is 1.55. The van der Waals surface area contributed by atoms with Gasteiger partial charge in [-0.05, 0) is 56.1 Å². The maximum atomic E-state index is 12.1. The molecule has 2 rings (SSSR count). The highest BCUT2D eigenvalue weighted by Gasteiger charge is 2.18. The number of anilines is 1. The number of hydrogen-bond donors (Lipinski definition) is 3. The third kappa shape index (κ3) is 2.90. The molecule has 0 aliphatic carbocycles. The van der Waals surface area contributed by atoms with Crippen molar-refractivity contribution in [1.82, 2.24) is 0 Å². The lowest BCUT2D eigenvalue weighted by Gasteiger charge is -2.11. The Morgan fingerprint density at radius 3 is 1.95 bits per heavy atom. The second-order valence-electron chi connectivity index (χ2n) is 3.72. The number of amides is 1. The van der Waals surface area contributed by atoms with Gasteiger partial charge in [-0.2, -0.15) is 0 Å². The quantitative estimate of drug-likeness (QED) is 0.733. The molecule has 0 atom stereocenters. The van der Waals surface area contributed by atoms with Gasteiger partial charge in [0.15, 0.2) is 0 Å². The van der Waals surface area contributed by atoms with E-state index in [9.17, 15) is 15.0 Å². The molecule has 98 valence electrons. The van der Waals surface area contributed by atoms with Crippen LogP contribution in [0.4, 0.5) is 5.69 Å². The summed E-state index contributed by atoms with van der Waals surface area (Å²) in [6.45, 7) is 0. The highest BCUT2D eigenvalue weighted by Crippen LogP contribution is 2.33. The van der Waals surface area contributed by atoms with Crippen molar-refractivity contribution >= 4 is 43.5 Å². The number of phenolic OH excluding ortho intramolecular Hbond substituents is 2. The molecule has 0 saturated heterocycles. The summed E-state index contributed by atoms with van der Waals surface area (Å²) >= 11 is 6.63. The summed E-state index contributed by atoms with van der Waals surface area (Å²) in [6.07, 6.45) is 0. The van der Waals surface area contributed by atoms with Crippen molar-refractivity contribution in [3.8, 4) is 11.5 Å². The van der Waals surface area contributed by atoms with E-state index in [0.29, 0.717) is 14.6 Å². The third-order valence-electron chi connectivity index (χ3n) is 2.45. The number of aromatic hydroxyl groups is 2. The Morgan fingerprint density at radius 1 is 0.947 bits per heavy atom. The van der Waals surface area contributed by atoms with Crippen LogP contribution in [0.15, 0.2) is 45.3 Å². The number of para-hydroxylation sites is 1. The Labute approximate surface area is 126 Å². The molecular weight excluding hydrogens is 378 g/mol. The minimum absolute atomic E-state index is 0.162. The van der Waals surface area contributed by atoms with E-state index in [1.165, 1.54) is 18.2 Å². The second kappa shape index (κ2) is 5.63. The van der Waals surface area contributed by atoms with Crippen molar-refractivity contribution in [2.45, 2.75) is 0 Å². The third-order valence-corrected chi connectivity index (χ3v) is 3.77. The van der Waals surface area contributed by atoms with Crippen LogP contribution >= 0.6 is 31.9 Å². The fourth-order valence-corrected chi connectivity index (χ4v) is 2.75. The molecule has 0 aliphatic heterocycles. The van der Waals surface area contributed by atoms with Crippen LogP contribution < -0.4 is 5.32 Å². The molecule has 3 N–H and O–H groups in total. The van der Waals surface area contributed by atoms with Gasteiger partial charge < -0.3 is 15.5 Å². The van der Waals surface area contributed by atoms with E-state index in [-0.39, 0.29) is 17.1 Å². The smallest absolute Gasteiger partial charge is 0.263 e. The first-order valence-corrected chi connectivity index (χ1v) is 6.85. The van der Waals surface area contributed by atoms with Crippen molar-refractivity contribution in [2.24, 2.45) is 0 Å². The van der Waals surface area contributed by atoms with Crippen LogP contribution in [-0.4, -0.2) is 16.1 Å². The van der Waals surface area contributed by atoms with Gasteiger partial charge in [-0.15, -0.1) is 0 Å². The van der Waals surface area contributed by atoms with Crippen LogP contribution in [0.25, 0.3) is 0 Å². The lowest BCUT2D eigenvalue weighted by molar-refractivity contribution is 0.102. The highest BCUT2D eigenvalue weighted by atomic mass is 79.9. The van der Waals surface area contributed by atoms with E-state index in [4.69, 9.17) is 0 Å². The van der Waals surface area contributed by atoms with Gasteiger partial charge in [-0.1, -0.05) is 12.1 Å². The zero-order valence-corrected chi connectivity index (χ0v) is 12.7. The first-order valence-electron chi connectivity index (χ1n) is 5.27. The van der Waals surface area contributed by atoms with Gasteiger partial charge >= 0.3 is 0 Å². The number of halogens is 2. The summed E-state index contributed by atoms with van der Waals surface area (Å²) in [4.78, 5) is 12.1. The van der Waals surface area contributed by atoms with Gasteiger partial charge in [0.1, 0.15) is 17.1 Å². The average Bonchev–Trinajstić information content (AvgIpc) is 2.34. The number of carbonyl (C=O) groups is 1. The van der Waals surface area contributed by atoms with Gasteiger partial charge in [0.2, 0.25) is 0 Å². The summed E-state index contributed by atoms with van der Waals surface area (Å²) < 4.78 is 1.37. The molecule has 4 nitrogen and oxygen atoms in total. The molecule has 0 fully saturated rings. The zero-order valence-electron chi connectivity index (χ0n) is 9.52. The Morgan fingerprint density at radius 2 is 1.42 bits per heavy atom. The Kier molecular flexibility index (Phi) is 4.11. The topological polar surface area (TPSA) is 69.6 Å². The molecule has 0 bridgehead atoms. The van der Waals surface area contributed by atoms with E-state index in [2.05, 4.69) is 37.2 Å². The standard InChI is InChI=1S/C13H9Br2NO3/c14-7-3-1-4-8(15)12(7)16-13(19)11-9(17)5-2-6-10(11)18/h1-6,17-18H,(H,16,19). The van der Waals surface area contributed by atoms with Crippen LogP contribution in [0.1, 0.15) is 10.4 Å². The predicted octanol–water partition coefficient (Wildman–Crippen LogP) is 3.88. The van der Waals surface area contributed by atoms with Crippen LogP contribution in [0.3, 0.4) is 0 Å². The molecule has 0 unspecified atom stereocenters. The van der Waals surface area contributed by atoms with Crippen molar-refractivity contribution in [2.75, 3.05) is 5.32 Å². The highest BCUT2D eigenvalue weighted by molar-refractivity contribution is 9.11. The summed E-state index contributed by atoms with van der Waals surface area (Å²) in [6, 6.07) is 9.47. The van der Waals surface area contributed by atoms with Crippen molar-refractivity contribution in [3.63, 3.8) is 0 Å². The van der Waals surface area contributed by atoms with Gasteiger partial charge in [0.05, 0.1) is 5.69 Å². The number of benzene rings is 2. The Hall–Kier alpha value is -1.53. The van der Waals surface area contributed by atoms with Gasteiger partial charge in [-0.3, -0.25) is 4.79 Å². The van der Waals surface area contributed by atoms with E-state index < -0.39 is 5.91 Å². The second-order valence-corrected chi connectivity index (χ2v) is 5.43. The first kappa shape index (κ1) is 13.9. The molecule has 2 aromatic carbocycles. The minimum atomic E-state index is -0.594. The van der Waals surface area contributed by atoms with Gasteiger partial charge in [0, 0.05) is 8.95 Å². The molecule has 0 aromatic heterocycles. The summed E-state index contributed by atoms with van der Waals surface area (Å²) in [7, 11) is 0. The molecule has 6 heteroatoms. The summed E-state index contributed by atoms with van der Waals surface area (Å²) in [5.41, 5.74) is 0.361. The van der Waals surface area contributed by atoms with Gasteiger partial charge in [0.25, 0.3) is 5.91 Å². The van der Waals surface area contributed by atoms with Gasteiger partial charge in [-0.25, -0.2) is 0 Å². The summed E-state index contributed by atoms with van der Waals surface area (Å²) in [5, 5.41) is 21.9. The fraction of sp³-hybridized carbons (Fsp3) is 0. The number of rotatable bonds is 2. The van der Waals surface area contributed by atoms with Crippen LogP contribution in [0.2, 0.25) is 0 Å². The summed E-state index contributed by atoms with van der Waals surface area (Å²) in [5.74, 6) is -1.15. The molecule has 2 aromatic rings. The lowest BCUT2D eigenvalue weighted by Crippen LogP contribution is -2.13. The Bertz CT molecular complexity index is 603. The SMILES string of the molecule is O=C(Nc1c(Br)cccc1Br)c1c(O)cccc1O. The van der Waals surface area contributed by atoms with E-state index in [1.807, 2.05) is 0 Å². The van der Waals surface area contributed by atoms with E-state index >= 15 is 0 Å². The van der Waals surface area contributed by atoms with Crippen molar-refractivity contribution in [3.05, 3.63) is 50.9 Å². The van der Waals surface area contributed by atoms with Crippen molar-refractivity contribution in [1.29, 1.82) is 0 Å². The van der Waals surface area contributed by atoms with E-state index in [1.54, 1.807) is 18.2 Å². The zero-order chi connectivity index (χ0) is 14.0. The van der Waals surface area contributed by atoms with Crippen LogP contribution in [0, 0.1) is 0 Å². The lowest BCUT2D eigenvalue weighted by atomic mass is 10.1. The monoisotopic (exact) mass is 385 g/mol. The Balaban J connectivity index is 2.37. The number of nitrogens with one attached hydrogen (secondary N) is 1. The molecular formula is C13H9Br2NO3. The predicted molar refractivity (Wildman–Crippen MR) is 79.6 cm³/mol. The largest absolute Gasteiger partial charge is 0.507 e. The van der Waals surface area contributed by atoms with E-state index in [0.717, 1.165) is 0 Å². The normalized spacial score (nSPS) is 10.2. The molecule has 0 saturated carbocycles. The number of carbonyl (C=O) groups excluding carboxylic acids is 1. The number of hydrogen-bond acceptors (Lipinski definition) is 3. The van der Waals surface area contributed by atoms with Crippen LogP contribution in [0.5, 0.6) is 11.5 Å². The molecule has 0 radical (unpaired) electrons. The molecule has 0 aliphatic rings. The minimum Gasteiger partial charge on any atom is -0.507 e. The molecule has 1 amide bonds. The first-order chi connectivity index (χ1) is 9.00.